The molecule has 1 aromatic heterocycles. The number of guanidine groups is 1. The molecule has 2 heterocycles. The highest BCUT2D eigenvalue weighted by molar-refractivity contribution is 6.30. The molecule has 0 radical (unpaired) electrons. The van der Waals surface area contributed by atoms with Crippen molar-refractivity contribution in [2.45, 2.75) is 25.9 Å². The Labute approximate surface area is 154 Å². The topological polar surface area (TPSA) is 77.0 Å². The summed E-state index contributed by atoms with van der Waals surface area (Å²) in [5, 5.41) is 7.04. The number of nitrogens with zero attached hydrogens (tertiary/aromatic N) is 2. The zero-order chi connectivity index (χ0) is 17.7. The molecular formula is C17H27ClN4O3. The molecule has 1 aromatic rings. The average Bonchev–Trinajstić information content (AvgIpc) is 3.13. The molecule has 1 fully saturated rings. The number of hydrogen-bond acceptors (Lipinski definition) is 5. The molecule has 1 aliphatic rings. The van der Waals surface area contributed by atoms with E-state index >= 15 is 0 Å². The van der Waals surface area contributed by atoms with Gasteiger partial charge in [-0.2, -0.15) is 0 Å². The molecule has 1 unspecified atom stereocenters. The van der Waals surface area contributed by atoms with Gasteiger partial charge in [0, 0.05) is 38.6 Å². The lowest BCUT2D eigenvalue weighted by molar-refractivity contribution is 0.0424. The number of aliphatic imine (C=N–C) groups is 1. The number of rotatable bonds is 10. The summed E-state index contributed by atoms with van der Waals surface area (Å²) < 4.78 is 16.6. The predicted octanol–water partition coefficient (Wildman–Crippen LogP) is 1.86. The van der Waals surface area contributed by atoms with E-state index in [2.05, 4.69) is 20.6 Å². The highest BCUT2D eigenvalue weighted by atomic mass is 35.5. The summed E-state index contributed by atoms with van der Waals surface area (Å²) in [6.07, 6.45) is 3.71. The van der Waals surface area contributed by atoms with Crippen LogP contribution in [0.3, 0.4) is 0 Å². The molecule has 0 aromatic carbocycles. The van der Waals surface area contributed by atoms with Crippen LogP contribution in [0.2, 0.25) is 5.02 Å². The molecule has 0 amide bonds. The third-order valence-corrected chi connectivity index (χ3v) is 3.73. The Morgan fingerprint density at radius 1 is 1.40 bits per heavy atom. The van der Waals surface area contributed by atoms with Crippen LogP contribution in [0, 0.1) is 0 Å². The number of aromatic nitrogens is 1. The second-order valence-corrected chi connectivity index (χ2v) is 6.00. The third kappa shape index (κ3) is 8.38. The second kappa shape index (κ2) is 11.9. The molecule has 0 saturated carbocycles. The zero-order valence-corrected chi connectivity index (χ0v) is 15.4. The zero-order valence-electron chi connectivity index (χ0n) is 14.7. The van der Waals surface area contributed by atoms with E-state index in [1.807, 2.05) is 6.92 Å². The molecule has 8 heteroatoms. The monoisotopic (exact) mass is 370 g/mol. The van der Waals surface area contributed by atoms with E-state index in [9.17, 15) is 0 Å². The number of hydrogen-bond donors (Lipinski definition) is 2. The van der Waals surface area contributed by atoms with Gasteiger partial charge in [-0.1, -0.05) is 11.6 Å². The Hall–Kier alpha value is -1.57. The molecule has 0 bridgehead atoms. The maximum Gasteiger partial charge on any atom is 0.213 e. The number of halogens is 1. The van der Waals surface area contributed by atoms with Gasteiger partial charge in [0.25, 0.3) is 0 Å². The molecule has 140 valence electrons. The molecular weight excluding hydrogens is 344 g/mol. The van der Waals surface area contributed by atoms with Crippen LogP contribution in [-0.2, 0) is 9.47 Å². The predicted molar refractivity (Wildman–Crippen MR) is 98.5 cm³/mol. The van der Waals surface area contributed by atoms with Crippen LogP contribution in [0.5, 0.6) is 5.88 Å². The smallest absolute Gasteiger partial charge is 0.213 e. The molecule has 1 aliphatic heterocycles. The van der Waals surface area contributed by atoms with Gasteiger partial charge in [0.1, 0.15) is 6.61 Å². The minimum atomic E-state index is 0.258. The summed E-state index contributed by atoms with van der Waals surface area (Å²) in [5.74, 6) is 1.33. The Balaban J connectivity index is 1.58. The van der Waals surface area contributed by atoms with Gasteiger partial charge in [-0.05, 0) is 25.8 Å². The lowest BCUT2D eigenvalue weighted by Crippen LogP contribution is -2.39. The molecule has 0 spiro atoms. The van der Waals surface area contributed by atoms with Crippen LogP contribution < -0.4 is 15.4 Å². The number of nitrogens with one attached hydrogen (secondary N) is 2. The average molecular weight is 371 g/mol. The van der Waals surface area contributed by atoms with Crippen LogP contribution in [0.1, 0.15) is 19.8 Å². The standard InChI is InChI=1S/C17H27ClN4O3/c1-2-19-17(20-7-3-9-24-15-6-10-23-13-15)21-8-11-25-16-5-4-14(18)12-22-16/h4-5,12,15H,2-3,6-11,13H2,1H3,(H2,19,20,21). The van der Waals surface area contributed by atoms with E-state index in [1.165, 1.54) is 0 Å². The molecule has 1 saturated heterocycles. The molecule has 0 aliphatic carbocycles. The van der Waals surface area contributed by atoms with Gasteiger partial charge < -0.3 is 24.8 Å². The highest BCUT2D eigenvalue weighted by Gasteiger charge is 2.15. The van der Waals surface area contributed by atoms with Crippen LogP contribution in [0.25, 0.3) is 0 Å². The van der Waals surface area contributed by atoms with Crippen LogP contribution in [0.4, 0.5) is 0 Å². The Bertz CT molecular complexity index is 507. The molecule has 25 heavy (non-hydrogen) atoms. The van der Waals surface area contributed by atoms with Gasteiger partial charge in [0.15, 0.2) is 5.96 Å². The van der Waals surface area contributed by atoms with E-state index in [4.69, 9.17) is 25.8 Å². The van der Waals surface area contributed by atoms with Gasteiger partial charge in [-0.25, -0.2) is 4.98 Å². The van der Waals surface area contributed by atoms with E-state index in [-0.39, 0.29) is 6.10 Å². The van der Waals surface area contributed by atoms with Crippen molar-refractivity contribution in [2.75, 3.05) is 46.1 Å². The highest BCUT2D eigenvalue weighted by Crippen LogP contribution is 2.11. The van der Waals surface area contributed by atoms with Crippen molar-refractivity contribution in [3.63, 3.8) is 0 Å². The van der Waals surface area contributed by atoms with E-state index in [0.29, 0.717) is 37.2 Å². The summed E-state index contributed by atoms with van der Waals surface area (Å²) in [4.78, 5) is 8.61. The third-order valence-electron chi connectivity index (χ3n) is 3.50. The normalized spacial score (nSPS) is 17.5. The molecule has 2 N–H and O–H groups in total. The molecule has 2 rings (SSSR count). The summed E-state index contributed by atoms with van der Waals surface area (Å²) >= 11 is 5.79. The second-order valence-electron chi connectivity index (χ2n) is 5.56. The first-order valence-corrected chi connectivity index (χ1v) is 9.11. The van der Waals surface area contributed by atoms with E-state index < -0.39 is 0 Å². The van der Waals surface area contributed by atoms with Gasteiger partial charge in [-0.15, -0.1) is 0 Å². The minimum absolute atomic E-state index is 0.258. The van der Waals surface area contributed by atoms with Crippen LogP contribution in [-0.4, -0.2) is 63.1 Å². The largest absolute Gasteiger partial charge is 0.476 e. The minimum Gasteiger partial charge on any atom is -0.476 e. The first kappa shape index (κ1) is 19.8. The van der Waals surface area contributed by atoms with Crippen molar-refractivity contribution >= 4 is 17.6 Å². The molecule has 7 nitrogen and oxygen atoms in total. The maximum atomic E-state index is 5.79. The maximum absolute atomic E-state index is 5.79. The van der Waals surface area contributed by atoms with E-state index in [0.717, 1.165) is 38.6 Å². The first-order chi connectivity index (χ1) is 12.3. The van der Waals surface area contributed by atoms with Crippen molar-refractivity contribution in [3.05, 3.63) is 23.4 Å². The van der Waals surface area contributed by atoms with Crippen molar-refractivity contribution in [3.8, 4) is 5.88 Å². The fraction of sp³-hybridized carbons (Fsp3) is 0.647. The molecule has 1 atom stereocenters. The van der Waals surface area contributed by atoms with Gasteiger partial charge in [-0.3, -0.25) is 4.99 Å². The van der Waals surface area contributed by atoms with Crippen molar-refractivity contribution < 1.29 is 14.2 Å². The Morgan fingerprint density at radius 3 is 3.04 bits per heavy atom. The van der Waals surface area contributed by atoms with Crippen molar-refractivity contribution in [2.24, 2.45) is 4.99 Å². The first-order valence-electron chi connectivity index (χ1n) is 8.74. The van der Waals surface area contributed by atoms with Gasteiger partial charge >= 0.3 is 0 Å². The lowest BCUT2D eigenvalue weighted by Gasteiger charge is -2.12. The van der Waals surface area contributed by atoms with E-state index in [1.54, 1.807) is 18.3 Å². The van der Waals surface area contributed by atoms with Crippen LogP contribution in [0.15, 0.2) is 23.3 Å². The Kier molecular flexibility index (Phi) is 9.40. The lowest BCUT2D eigenvalue weighted by atomic mass is 10.3. The summed E-state index contributed by atoms with van der Waals surface area (Å²) in [6, 6.07) is 3.50. The number of ether oxygens (including phenoxy) is 3. The van der Waals surface area contributed by atoms with Crippen LogP contribution >= 0.6 is 11.6 Å². The van der Waals surface area contributed by atoms with Gasteiger partial charge in [0.2, 0.25) is 5.88 Å². The Morgan fingerprint density at radius 2 is 2.32 bits per heavy atom. The summed E-state index contributed by atoms with van der Waals surface area (Å²) in [6.45, 7) is 6.91. The quantitative estimate of drug-likeness (QED) is 0.372. The SMILES string of the molecule is CCNC(=NCCCOC1CCOC1)NCCOc1ccc(Cl)cn1. The van der Waals surface area contributed by atoms with Crippen molar-refractivity contribution in [1.82, 2.24) is 15.6 Å². The van der Waals surface area contributed by atoms with Crippen molar-refractivity contribution in [1.29, 1.82) is 0 Å². The summed E-state index contributed by atoms with van der Waals surface area (Å²) in [5.41, 5.74) is 0. The summed E-state index contributed by atoms with van der Waals surface area (Å²) in [7, 11) is 0. The fourth-order valence-corrected chi connectivity index (χ4v) is 2.38. The number of pyridine rings is 1. The fourth-order valence-electron chi connectivity index (χ4n) is 2.26. The van der Waals surface area contributed by atoms with Gasteiger partial charge in [0.05, 0.1) is 24.3 Å².